The lowest BCUT2D eigenvalue weighted by Gasteiger charge is -2.33. The largest absolute Gasteiger partial charge is 0.419 e. The maximum atomic E-state index is 14.0. The van der Waals surface area contributed by atoms with Crippen LogP contribution >= 0.6 is 0 Å². The first-order valence-electron chi connectivity index (χ1n) is 10.4. The molecule has 0 bridgehead atoms. The summed E-state index contributed by atoms with van der Waals surface area (Å²) in [5.74, 6) is -4.41. The number of aromatic amines is 1. The van der Waals surface area contributed by atoms with E-state index in [4.69, 9.17) is 0 Å². The summed E-state index contributed by atoms with van der Waals surface area (Å²) in [5, 5.41) is 17.0. The Morgan fingerprint density at radius 2 is 1.94 bits per heavy atom. The van der Waals surface area contributed by atoms with Crippen LogP contribution in [-0.4, -0.2) is 50.3 Å². The number of piperidine rings is 1. The van der Waals surface area contributed by atoms with Gasteiger partial charge in [0.05, 0.1) is 11.3 Å². The lowest BCUT2D eigenvalue weighted by molar-refractivity contribution is -0.141. The number of aliphatic hydroxyl groups is 1. The molecule has 1 atom stereocenters. The molecular formula is C21H23F5N4O2. The molecule has 3 heterocycles. The highest BCUT2D eigenvalue weighted by molar-refractivity contribution is 5.94. The smallest absolute Gasteiger partial charge is 0.378 e. The van der Waals surface area contributed by atoms with E-state index < -0.39 is 35.5 Å². The maximum absolute atomic E-state index is 14.0. The molecule has 4 rings (SSSR count). The molecule has 6 nitrogen and oxygen atoms in total. The number of aliphatic hydroxyl groups excluding tert-OH is 1. The van der Waals surface area contributed by atoms with Gasteiger partial charge in [0.1, 0.15) is 6.23 Å². The molecule has 1 saturated heterocycles. The fourth-order valence-electron chi connectivity index (χ4n) is 4.55. The molecule has 0 radical (unpaired) electrons. The molecule has 32 heavy (non-hydrogen) atoms. The summed E-state index contributed by atoms with van der Waals surface area (Å²) in [7, 11) is 0. The van der Waals surface area contributed by atoms with Crippen LogP contribution in [0.3, 0.4) is 0 Å². The van der Waals surface area contributed by atoms with Crippen molar-refractivity contribution in [2.75, 3.05) is 13.1 Å². The predicted octanol–water partition coefficient (Wildman–Crippen LogP) is 3.77. The Morgan fingerprint density at radius 3 is 2.56 bits per heavy atom. The number of hydrogen-bond acceptors (Lipinski definition) is 4. The van der Waals surface area contributed by atoms with Gasteiger partial charge in [-0.05, 0) is 36.8 Å². The van der Waals surface area contributed by atoms with Crippen molar-refractivity contribution in [3.8, 4) is 0 Å². The summed E-state index contributed by atoms with van der Waals surface area (Å²) in [6, 6.07) is 1.69. The normalized spacial score (nSPS) is 18.8. The summed E-state index contributed by atoms with van der Waals surface area (Å²) in [5.41, 5.74) is -0.139. The number of nitrogens with zero attached hydrogens (tertiary/aromatic N) is 3. The zero-order chi connectivity index (χ0) is 23.2. The Bertz CT molecular complexity index is 1010. The standard InChI is InChI=1S/C21H23F5N4O2/c1-2-16(31)30-9-13-15(10-30)27-28-19(13)20(32)29-7-5-11(6-8-29)12-3-4-14(22)18(23)17(12)21(24,25)26/h3-4,11,16,31H,2,5-10H2,1H3,(H,27,28). The summed E-state index contributed by atoms with van der Waals surface area (Å²) in [6.45, 7) is 3.01. The molecule has 1 amide bonds. The number of carbonyl (C=O) groups is 1. The number of nitrogens with one attached hydrogen (secondary N) is 1. The SMILES string of the molecule is CCC(O)N1Cc2[nH]nc(C(=O)N3CCC(c4ccc(F)c(F)c4C(F)(F)F)CC3)c2C1. The quantitative estimate of drug-likeness (QED) is 0.685. The van der Waals surface area contributed by atoms with Crippen LogP contribution in [0.1, 0.15) is 65.0 Å². The van der Waals surface area contributed by atoms with E-state index in [-0.39, 0.29) is 43.1 Å². The number of carbonyl (C=O) groups excluding carboxylic acids is 1. The van der Waals surface area contributed by atoms with Crippen LogP contribution in [0.15, 0.2) is 12.1 Å². The molecule has 0 spiro atoms. The number of H-pyrrole nitrogens is 1. The van der Waals surface area contributed by atoms with E-state index in [1.54, 1.807) is 0 Å². The molecule has 0 saturated carbocycles. The van der Waals surface area contributed by atoms with Gasteiger partial charge >= 0.3 is 6.18 Å². The van der Waals surface area contributed by atoms with E-state index >= 15 is 0 Å². The number of alkyl halides is 3. The second kappa shape index (κ2) is 8.43. The number of aromatic nitrogens is 2. The van der Waals surface area contributed by atoms with Crippen LogP contribution in [0.5, 0.6) is 0 Å². The van der Waals surface area contributed by atoms with Crippen molar-refractivity contribution in [3.63, 3.8) is 0 Å². The Kier molecular flexibility index (Phi) is 5.97. The van der Waals surface area contributed by atoms with Gasteiger partial charge in [-0.25, -0.2) is 8.78 Å². The van der Waals surface area contributed by atoms with Crippen molar-refractivity contribution in [1.82, 2.24) is 20.0 Å². The summed E-state index contributed by atoms with van der Waals surface area (Å²) < 4.78 is 67.5. The van der Waals surface area contributed by atoms with Gasteiger partial charge in [0.25, 0.3) is 5.91 Å². The van der Waals surface area contributed by atoms with Gasteiger partial charge in [0, 0.05) is 31.7 Å². The van der Waals surface area contributed by atoms with Crippen LogP contribution in [-0.2, 0) is 19.3 Å². The third-order valence-electron chi connectivity index (χ3n) is 6.30. The van der Waals surface area contributed by atoms with Crippen molar-refractivity contribution in [3.05, 3.63) is 51.8 Å². The predicted molar refractivity (Wildman–Crippen MR) is 103 cm³/mol. The highest BCUT2D eigenvalue weighted by atomic mass is 19.4. The lowest BCUT2D eigenvalue weighted by Crippen LogP contribution is -2.39. The average Bonchev–Trinajstić information content (AvgIpc) is 3.34. The zero-order valence-electron chi connectivity index (χ0n) is 17.3. The summed E-state index contributed by atoms with van der Waals surface area (Å²) in [6.07, 6.45) is -4.73. The summed E-state index contributed by atoms with van der Waals surface area (Å²) in [4.78, 5) is 16.3. The molecule has 2 N–H and O–H groups in total. The van der Waals surface area contributed by atoms with Crippen LogP contribution in [0.2, 0.25) is 0 Å². The number of likely N-dealkylation sites (tertiary alicyclic amines) is 1. The number of fused-ring (bicyclic) bond motifs is 1. The molecule has 1 unspecified atom stereocenters. The van der Waals surface area contributed by atoms with Crippen molar-refractivity contribution in [2.45, 2.75) is 57.6 Å². The van der Waals surface area contributed by atoms with E-state index in [1.165, 1.54) is 4.90 Å². The lowest BCUT2D eigenvalue weighted by atomic mass is 9.86. The van der Waals surface area contributed by atoms with Gasteiger partial charge in [-0.3, -0.25) is 14.8 Å². The fourth-order valence-corrected chi connectivity index (χ4v) is 4.55. The van der Waals surface area contributed by atoms with Gasteiger partial charge in [-0.2, -0.15) is 18.3 Å². The van der Waals surface area contributed by atoms with E-state index in [0.29, 0.717) is 31.1 Å². The van der Waals surface area contributed by atoms with E-state index in [9.17, 15) is 31.9 Å². The molecule has 1 fully saturated rings. The minimum absolute atomic E-state index is 0.169. The van der Waals surface area contributed by atoms with Gasteiger partial charge in [-0.1, -0.05) is 13.0 Å². The second-order valence-corrected chi connectivity index (χ2v) is 8.21. The van der Waals surface area contributed by atoms with Crippen molar-refractivity contribution >= 4 is 5.91 Å². The molecule has 0 aliphatic carbocycles. The van der Waals surface area contributed by atoms with Gasteiger partial charge in [-0.15, -0.1) is 0 Å². The minimum Gasteiger partial charge on any atom is -0.378 e. The molecular weight excluding hydrogens is 435 g/mol. The number of halogens is 5. The van der Waals surface area contributed by atoms with Crippen LogP contribution < -0.4 is 0 Å². The van der Waals surface area contributed by atoms with Gasteiger partial charge in [0.2, 0.25) is 0 Å². The summed E-state index contributed by atoms with van der Waals surface area (Å²) >= 11 is 0. The Morgan fingerprint density at radius 1 is 1.25 bits per heavy atom. The first kappa shape index (κ1) is 22.7. The van der Waals surface area contributed by atoms with Crippen LogP contribution in [0, 0.1) is 11.6 Å². The Balaban J connectivity index is 1.48. The van der Waals surface area contributed by atoms with Gasteiger partial charge < -0.3 is 10.0 Å². The zero-order valence-corrected chi connectivity index (χ0v) is 17.3. The number of amides is 1. The average molecular weight is 458 g/mol. The molecule has 1 aromatic carbocycles. The third kappa shape index (κ3) is 3.99. The monoisotopic (exact) mass is 458 g/mol. The Labute approximate surface area is 181 Å². The van der Waals surface area contributed by atoms with Crippen LogP contribution in [0.25, 0.3) is 0 Å². The van der Waals surface area contributed by atoms with Crippen molar-refractivity contribution < 1.29 is 31.9 Å². The molecule has 174 valence electrons. The van der Waals surface area contributed by atoms with Gasteiger partial charge in [0.15, 0.2) is 17.3 Å². The minimum atomic E-state index is -5.01. The molecule has 2 aliphatic rings. The first-order chi connectivity index (χ1) is 15.1. The Hall–Kier alpha value is -2.53. The van der Waals surface area contributed by atoms with Crippen LogP contribution in [0.4, 0.5) is 22.0 Å². The number of hydrogen-bond donors (Lipinski definition) is 2. The highest BCUT2D eigenvalue weighted by Gasteiger charge is 2.41. The third-order valence-corrected chi connectivity index (χ3v) is 6.30. The maximum Gasteiger partial charge on any atom is 0.419 e. The number of rotatable bonds is 4. The fraction of sp³-hybridized carbons (Fsp3) is 0.524. The highest BCUT2D eigenvalue weighted by Crippen LogP contribution is 2.41. The van der Waals surface area contributed by atoms with E-state index in [2.05, 4.69) is 10.2 Å². The molecule has 1 aromatic heterocycles. The van der Waals surface area contributed by atoms with Crippen molar-refractivity contribution in [1.29, 1.82) is 0 Å². The number of benzene rings is 1. The molecule has 2 aliphatic heterocycles. The molecule has 2 aromatic rings. The van der Waals surface area contributed by atoms with E-state index in [0.717, 1.165) is 11.8 Å². The first-order valence-corrected chi connectivity index (χ1v) is 10.4. The van der Waals surface area contributed by atoms with E-state index in [1.807, 2.05) is 11.8 Å². The topological polar surface area (TPSA) is 72.5 Å². The molecule has 11 heteroatoms. The van der Waals surface area contributed by atoms with Crippen molar-refractivity contribution in [2.24, 2.45) is 0 Å². The second-order valence-electron chi connectivity index (χ2n) is 8.21.